The Morgan fingerprint density at radius 2 is 1.74 bits per heavy atom. The second-order valence-corrected chi connectivity index (χ2v) is 4.67. The van der Waals surface area contributed by atoms with E-state index in [-0.39, 0.29) is 5.69 Å². The molecule has 5 nitrogen and oxygen atoms in total. The highest BCUT2D eigenvalue weighted by molar-refractivity contribution is 5.88. The van der Waals surface area contributed by atoms with Gasteiger partial charge in [0, 0.05) is 12.1 Å². The highest BCUT2D eigenvalue weighted by atomic mass is 16.6. The first-order valence-electron chi connectivity index (χ1n) is 6.86. The summed E-state index contributed by atoms with van der Waals surface area (Å²) in [5.41, 5.74) is 2.46. The number of hydrogen-bond donors (Lipinski definition) is 0. The molecule has 0 heterocycles. The highest BCUT2D eigenvalue weighted by Crippen LogP contribution is 2.21. The van der Waals surface area contributed by atoms with Gasteiger partial charge in [0.25, 0.3) is 5.69 Å². The lowest BCUT2D eigenvalue weighted by Gasteiger charge is -2.04. The maximum atomic E-state index is 10.8. The molecule has 0 spiro atoms. The molecule has 0 radical (unpaired) electrons. The van der Waals surface area contributed by atoms with Gasteiger partial charge < -0.3 is 4.74 Å². The molecular weight excluding hydrogens is 294 g/mol. The fourth-order valence-electron chi connectivity index (χ4n) is 2.00. The van der Waals surface area contributed by atoms with Crippen molar-refractivity contribution in [1.82, 2.24) is 0 Å². The summed E-state index contributed by atoms with van der Waals surface area (Å²) in [4.78, 5) is 21.0. The molecular formula is C18H15NO4. The summed E-state index contributed by atoms with van der Waals surface area (Å²) < 4.78 is 5.11. The minimum absolute atomic E-state index is 0.0426. The Morgan fingerprint density at radius 3 is 2.26 bits per heavy atom. The molecule has 0 aliphatic carbocycles. The molecule has 0 atom stereocenters. The fraction of sp³-hybridized carbons (Fsp3) is 0.0556. The number of nitrogens with zero attached hydrogens (tertiary/aromatic N) is 1. The van der Waals surface area contributed by atoms with Crippen molar-refractivity contribution in [3.63, 3.8) is 0 Å². The summed E-state index contributed by atoms with van der Waals surface area (Å²) >= 11 is 0. The van der Waals surface area contributed by atoms with E-state index in [0.29, 0.717) is 0 Å². The van der Waals surface area contributed by atoms with Crippen LogP contribution in [0.25, 0.3) is 11.6 Å². The second kappa shape index (κ2) is 7.70. The van der Waals surface area contributed by atoms with E-state index in [9.17, 15) is 14.9 Å². The van der Waals surface area contributed by atoms with Crippen molar-refractivity contribution >= 4 is 23.6 Å². The fourth-order valence-corrected chi connectivity index (χ4v) is 2.00. The molecule has 23 heavy (non-hydrogen) atoms. The van der Waals surface area contributed by atoms with Gasteiger partial charge >= 0.3 is 0 Å². The molecule has 2 aromatic rings. The van der Waals surface area contributed by atoms with Crippen LogP contribution >= 0.6 is 0 Å². The molecule has 2 rings (SSSR count). The average molecular weight is 309 g/mol. The Morgan fingerprint density at radius 1 is 1.09 bits per heavy atom. The zero-order chi connectivity index (χ0) is 16.7. The molecule has 0 bridgehead atoms. The van der Waals surface area contributed by atoms with Gasteiger partial charge in [-0.3, -0.25) is 14.9 Å². The average Bonchev–Trinajstić information content (AvgIpc) is 2.59. The molecule has 0 aliphatic rings. The third-order valence-corrected chi connectivity index (χ3v) is 3.23. The minimum atomic E-state index is -0.442. The van der Waals surface area contributed by atoms with Gasteiger partial charge in [-0.05, 0) is 47.0 Å². The largest absolute Gasteiger partial charge is 0.497 e. The molecule has 0 aromatic heterocycles. The Kier molecular flexibility index (Phi) is 5.41. The van der Waals surface area contributed by atoms with Gasteiger partial charge in [0.1, 0.15) is 12.0 Å². The maximum absolute atomic E-state index is 10.8. The number of hydrogen-bond acceptors (Lipinski definition) is 4. The molecule has 0 saturated heterocycles. The third kappa shape index (κ3) is 4.38. The number of allylic oxidation sites excluding steroid dienone is 3. The summed E-state index contributed by atoms with van der Waals surface area (Å²) in [6.45, 7) is 0. The van der Waals surface area contributed by atoms with Gasteiger partial charge in [-0.25, -0.2) is 0 Å². The van der Waals surface area contributed by atoms with E-state index in [1.165, 1.54) is 18.2 Å². The predicted molar refractivity (Wildman–Crippen MR) is 89.2 cm³/mol. The van der Waals surface area contributed by atoms with E-state index in [2.05, 4.69) is 0 Å². The second-order valence-electron chi connectivity index (χ2n) is 4.67. The summed E-state index contributed by atoms with van der Waals surface area (Å²) in [5, 5.41) is 10.6. The Hall–Kier alpha value is -3.21. The molecule has 0 aliphatic heterocycles. The SMILES string of the molecule is COc1ccc(C(=C\C=O)/C=C/c2ccc([N+](=O)[O-])cc2)cc1. The number of nitro groups is 1. The van der Waals surface area contributed by atoms with Gasteiger partial charge in [-0.1, -0.05) is 24.3 Å². The lowest BCUT2D eigenvalue weighted by molar-refractivity contribution is -0.384. The van der Waals surface area contributed by atoms with Crippen molar-refractivity contribution in [2.24, 2.45) is 0 Å². The van der Waals surface area contributed by atoms with Crippen LogP contribution in [0.2, 0.25) is 0 Å². The Balaban J connectivity index is 2.23. The van der Waals surface area contributed by atoms with Crippen molar-refractivity contribution < 1.29 is 14.5 Å². The van der Waals surface area contributed by atoms with Crippen molar-refractivity contribution in [1.29, 1.82) is 0 Å². The Bertz CT molecular complexity index is 744. The summed E-state index contributed by atoms with van der Waals surface area (Å²) in [5.74, 6) is 0.735. The van der Waals surface area contributed by atoms with E-state index >= 15 is 0 Å². The zero-order valence-electron chi connectivity index (χ0n) is 12.5. The van der Waals surface area contributed by atoms with Crippen LogP contribution in [0.4, 0.5) is 5.69 Å². The van der Waals surface area contributed by atoms with Crippen molar-refractivity contribution in [2.45, 2.75) is 0 Å². The zero-order valence-corrected chi connectivity index (χ0v) is 12.5. The van der Waals surface area contributed by atoms with Crippen LogP contribution in [0.5, 0.6) is 5.75 Å². The van der Waals surface area contributed by atoms with Crippen LogP contribution in [0, 0.1) is 10.1 Å². The smallest absolute Gasteiger partial charge is 0.269 e. The topological polar surface area (TPSA) is 69.4 Å². The highest BCUT2D eigenvalue weighted by Gasteiger charge is 2.03. The number of rotatable bonds is 6. The molecule has 5 heteroatoms. The van der Waals surface area contributed by atoms with E-state index in [0.717, 1.165) is 28.7 Å². The number of benzene rings is 2. The van der Waals surface area contributed by atoms with E-state index < -0.39 is 4.92 Å². The van der Waals surface area contributed by atoms with Gasteiger partial charge in [0.05, 0.1) is 12.0 Å². The van der Waals surface area contributed by atoms with E-state index in [1.807, 2.05) is 24.3 Å². The number of carbonyl (C=O) groups excluding carboxylic acids is 1. The number of nitro benzene ring substituents is 1. The standard InChI is InChI=1S/C18H15NO4/c1-23-18-10-6-15(7-11-18)16(12-13-20)5-2-14-3-8-17(9-4-14)19(21)22/h2-13H,1H3/b5-2+,16-12-. The first-order chi connectivity index (χ1) is 11.1. The summed E-state index contributed by atoms with van der Waals surface area (Å²) in [7, 11) is 1.59. The molecule has 116 valence electrons. The van der Waals surface area contributed by atoms with Gasteiger partial charge in [-0.2, -0.15) is 0 Å². The predicted octanol–water partition coefficient (Wildman–Crippen LogP) is 3.90. The van der Waals surface area contributed by atoms with Crippen LogP contribution in [0.3, 0.4) is 0 Å². The maximum Gasteiger partial charge on any atom is 0.269 e. The van der Waals surface area contributed by atoms with E-state index in [1.54, 1.807) is 31.4 Å². The number of ether oxygens (including phenoxy) is 1. The van der Waals surface area contributed by atoms with E-state index in [4.69, 9.17) is 4.74 Å². The monoisotopic (exact) mass is 309 g/mol. The lowest BCUT2D eigenvalue weighted by Crippen LogP contribution is -1.87. The van der Waals surface area contributed by atoms with Crippen LogP contribution in [-0.4, -0.2) is 18.3 Å². The van der Waals surface area contributed by atoms with Crippen molar-refractivity contribution in [3.8, 4) is 5.75 Å². The van der Waals surface area contributed by atoms with Crippen LogP contribution in [-0.2, 0) is 4.79 Å². The number of carbonyl (C=O) groups is 1. The first-order valence-corrected chi connectivity index (χ1v) is 6.86. The number of aldehydes is 1. The minimum Gasteiger partial charge on any atom is -0.497 e. The summed E-state index contributed by atoms with van der Waals surface area (Å²) in [6, 6.07) is 13.5. The van der Waals surface area contributed by atoms with Crippen molar-refractivity contribution in [2.75, 3.05) is 7.11 Å². The Labute approximate surface area is 133 Å². The van der Waals surface area contributed by atoms with Crippen LogP contribution < -0.4 is 4.74 Å². The number of non-ortho nitro benzene ring substituents is 1. The van der Waals surface area contributed by atoms with Gasteiger partial charge in [0.2, 0.25) is 0 Å². The molecule has 0 saturated carbocycles. The summed E-state index contributed by atoms with van der Waals surface area (Å²) in [6.07, 6.45) is 5.77. The van der Waals surface area contributed by atoms with Crippen LogP contribution in [0.1, 0.15) is 11.1 Å². The van der Waals surface area contributed by atoms with Crippen LogP contribution in [0.15, 0.2) is 60.7 Å². The first kappa shape index (κ1) is 16.2. The van der Waals surface area contributed by atoms with Crippen molar-refractivity contribution in [3.05, 3.63) is 81.9 Å². The quantitative estimate of drug-likeness (QED) is 0.267. The number of methoxy groups -OCH3 is 1. The molecule has 0 N–H and O–H groups in total. The molecule has 2 aromatic carbocycles. The third-order valence-electron chi connectivity index (χ3n) is 3.23. The van der Waals surface area contributed by atoms with Gasteiger partial charge in [0.15, 0.2) is 0 Å². The molecule has 0 amide bonds. The molecule has 0 fully saturated rings. The van der Waals surface area contributed by atoms with Gasteiger partial charge in [-0.15, -0.1) is 0 Å². The molecule has 0 unspecified atom stereocenters. The normalized spacial score (nSPS) is 11.4. The lowest BCUT2D eigenvalue weighted by atomic mass is 10.0.